The monoisotopic (exact) mass is 338 g/mol. The molecule has 1 saturated carbocycles. The highest BCUT2D eigenvalue weighted by molar-refractivity contribution is 6.77. The largest absolute Gasteiger partial charge is 0.489 e. The van der Waals surface area contributed by atoms with E-state index in [1.807, 2.05) is 18.2 Å². The van der Waals surface area contributed by atoms with E-state index in [9.17, 15) is 0 Å². The summed E-state index contributed by atoms with van der Waals surface area (Å²) in [4.78, 5) is 0. The second kappa shape index (κ2) is 6.05. The molecule has 2 fully saturated rings. The number of ether oxygens (including phenoxy) is 1. The predicted molar refractivity (Wildman–Crippen MR) is 99.9 cm³/mol. The summed E-state index contributed by atoms with van der Waals surface area (Å²) < 4.78 is 12.3. The summed E-state index contributed by atoms with van der Waals surface area (Å²) in [5.74, 6) is 0.949. The average molecular weight is 339 g/mol. The van der Waals surface area contributed by atoms with Gasteiger partial charge in [-0.1, -0.05) is 56.3 Å². The highest BCUT2D eigenvalue weighted by atomic mass is 28.4. The molecule has 0 aromatic heterocycles. The molecule has 2 aromatic carbocycles. The van der Waals surface area contributed by atoms with Crippen LogP contribution < -0.4 is 4.74 Å². The van der Waals surface area contributed by atoms with E-state index >= 15 is 0 Å². The first-order valence-electron chi connectivity index (χ1n) is 9.14. The molecule has 1 aliphatic carbocycles. The quantitative estimate of drug-likeness (QED) is 0.666. The minimum Gasteiger partial charge on any atom is -0.489 e. The van der Waals surface area contributed by atoms with Crippen molar-refractivity contribution in [1.82, 2.24) is 0 Å². The SMILES string of the molecule is CC[Si]1(CC)OC[C@]2(c3ccc(OCc4ccccc4)cc3)CC21. The molecule has 1 saturated heterocycles. The summed E-state index contributed by atoms with van der Waals surface area (Å²) in [5, 5.41) is 0. The molecule has 2 nitrogen and oxygen atoms in total. The fourth-order valence-electron chi connectivity index (χ4n) is 4.50. The second-order valence-corrected chi connectivity index (χ2v) is 11.8. The molecule has 2 aromatic rings. The zero-order valence-electron chi connectivity index (χ0n) is 14.6. The van der Waals surface area contributed by atoms with E-state index < -0.39 is 8.32 Å². The molecule has 126 valence electrons. The highest BCUT2D eigenvalue weighted by Gasteiger charge is 2.70. The molecule has 0 bridgehead atoms. The zero-order valence-corrected chi connectivity index (χ0v) is 15.6. The van der Waals surface area contributed by atoms with Crippen molar-refractivity contribution < 1.29 is 9.16 Å². The molecule has 1 unspecified atom stereocenters. The van der Waals surface area contributed by atoms with Crippen molar-refractivity contribution >= 4 is 8.32 Å². The Hall–Kier alpha value is -1.58. The molecule has 4 rings (SSSR count). The van der Waals surface area contributed by atoms with Crippen LogP contribution in [0.15, 0.2) is 54.6 Å². The van der Waals surface area contributed by atoms with Gasteiger partial charge in [-0.15, -0.1) is 0 Å². The summed E-state index contributed by atoms with van der Waals surface area (Å²) >= 11 is 0. The van der Waals surface area contributed by atoms with Crippen LogP contribution in [-0.4, -0.2) is 14.9 Å². The van der Waals surface area contributed by atoms with Gasteiger partial charge in [-0.3, -0.25) is 0 Å². The number of rotatable bonds is 6. The van der Waals surface area contributed by atoms with Gasteiger partial charge in [0.25, 0.3) is 0 Å². The Balaban J connectivity index is 1.44. The molecule has 0 N–H and O–H groups in total. The first-order chi connectivity index (χ1) is 11.7. The standard InChI is InChI=1S/C21H26O2Si/c1-3-24(4-2)20-14-21(20,16-23-24)18-10-12-19(13-11-18)22-15-17-8-6-5-7-9-17/h5-13,20H,3-4,14-16H2,1-2H3/t20?,21-/m0/s1. The third-order valence-electron chi connectivity index (χ3n) is 6.20. The van der Waals surface area contributed by atoms with Crippen molar-refractivity contribution in [1.29, 1.82) is 0 Å². The van der Waals surface area contributed by atoms with E-state index in [2.05, 4.69) is 50.2 Å². The molecule has 0 amide bonds. The summed E-state index contributed by atoms with van der Waals surface area (Å²) in [7, 11) is -1.47. The maximum absolute atomic E-state index is 6.40. The van der Waals surface area contributed by atoms with Crippen LogP contribution in [-0.2, 0) is 16.4 Å². The van der Waals surface area contributed by atoms with E-state index in [1.165, 1.54) is 29.6 Å². The number of hydrogen-bond donors (Lipinski definition) is 0. The number of benzene rings is 2. The lowest BCUT2D eigenvalue weighted by Crippen LogP contribution is -2.33. The van der Waals surface area contributed by atoms with Gasteiger partial charge in [0, 0.05) is 12.0 Å². The Morgan fingerprint density at radius 1 is 1.04 bits per heavy atom. The molecule has 2 aliphatic rings. The van der Waals surface area contributed by atoms with Gasteiger partial charge < -0.3 is 9.16 Å². The van der Waals surface area contributed by atoms with E-state index in [0.717, 1.165) is 17.9 Å². The third kappa shape index (κ3) is 2.51. The highest BCUT2D eigenvalue weighted by Crippen LogP contribution is 2.69. The number of hydrogen-bond acceptors (Lipinski definition) is 2. The van der Waals surface area contributed by atoms with Crippen LogP contribution in [0.5, 0.6) is 5.75 Å². The second-order valence-electron chi connectivity index (χ2n) is 7.27. The van der Waals surface area contributed by atoms with Crippen molar-refractivity contribution in [3.05, 3.63) is 65.7 Å². The Labute approximate surface area is 145 Å². The van der Waals surface area contributed by atoms with E-state index in [-0.39, 0.29) is 0 Å². The summed E-state index contributed by atoms with van der Waals surface area (Å²) in [6.45, 7) is 6.21. The van der Waals surface area contributed by atoms with Gasteiger partial charge in [0.2, 0.25) is 0 Å². The van der Waals surface area contributed by atoms with Gasteiger partial charge in [0.15, 0.2) is 8.32 Å². The van der Waals surface area contributed by atoms with E-state index in [0.29, 0.717) is 12.0 Å². The van der Waals surface area contributed by atoms with Crippen LogP contribution in [0.2, 0.25) is 17.6 Å². The van der Waals surface area contributed by atoms with Crippen LogP contribution >= 0.6 is 0 Å². The molecule has 2 atom stereocenters. The number of fused-ring (bicyclic) bond motifs is 1. The molecule has 0 radical (unpaired) electrons. The van der Waals surface area contributed by atoms with Gasteiger partial charge in [0.05, 0.1) is 0 Å². The molecule has 24 heavy (non-hydrogen) atoms. The van der Waals surface area contributed by atoms with Gasteiger partial charge in [-0.05, 0) is 47.3 Å². The fraction of sp³-hybridized carbons (Fsp3) is 0.429. The van der Waals surface area contributed by atoms with Crippen LogP contribution in [0.1, 0.15) is 31.4 Å². The van der Waals surface area contributed by atoms with Crippen molar-refractivity contribution in [2.75, 3.05) is 6.61 Å². The van der Waals surface area contributed by atoms with Crippen molar-refractivity contribution in [2.45, 2.75) is 49.9 Å². The first-order valence-corrected chi connectivity index (χ1v) is 11.5. The van der Waals surface area contributed by atoms with Crippen LogP contribution in [0.25, 0.3) is 0 Å². The van der Waals surface area contributed by atoms with Crippen LogP contribution in [0.4, 0.5) is 0 Å². The Morgan fingerprint density at radius 2 is 1.75 bits per heavy atom. The van der Waals surface area contributed by atoms with Gasteiger partial charge >= 0.3 is 0 Å². The fourth-order valence-corrected chi connectivity index (χ4v) is 9.13. The first kappa shape index (κ1) is 15.9. The van der Waals surface area contributed by atoms with Gasteiger partial charge in [0.1, 0.15) is 12.4 Å². The van der Waals surface area contributed by atoms with Crippen molar-refractivity contribution in [3.8, 4) is 5.75 Å². The lowest BCUT2D eigenvalue weighted by molar-refractivity contribution is 0.295. The van der Waals surface area contributed by atoms with E-state index in [4.69, 9.17) is 9.16 Å². The Kier molecular flexibility index (Phi) is 4.01. The average Bonchev–Trinajstić information content (AvgIpc) is 3.32. The van der Waals surface area contributed by atoms with Gasteiger partial charge in [-0.2, -0.15) is 0 Å². The molecule has 3 heteroatoms. The van der Waals surface area contributed by atoms with Crippen molar-refractivity contribution in [3.63, 3.8) is 0 Å². The molecule has 1 heterocycles. The molecule has 1 aliphatic heterocycles. The van der Waals surface area contributed by atoms with Gasteiger partial charge in [-0.25, -0.2) is 0 Å². The molecule has 0 spiro atoms. The van der Waals surface area contributed by atoms with Crippen LogP contribution in [0.3, 0.4) is 0 Å². The predicted octanol–water partition coefficient (Wildman–Crippen LogP) is 5.29. The van der Waals surface area contributed by atoms with E-state index in [1.54, 1.807) is 0 Å². The normalized spacial score (nSPS) is 26.8. The smallest absolute Gasteiger partial charge is 0.196 e. The topological polar surface area (TPSA) is 18.5 Å². The minimum atomic E-state index is -1.47. The van der Waals surface area contributed by atoms with Crippen molar-refractivity contribution in [2.24, 2.45) is 0 Å². The lowest BCUT2D eigenvalue weighted by atomic mass is 9.97. The summed E-state index contributed by atoms with van der Waals surface area (Å²) in [5.41, 5.74) is 3.82. The summed E-state index contributed by atoms with van der Waals surface area (Å²) in [6, 6.07) is 21.6. The molecular formula is C21H26O2Si. The summed E-state index contributed by atoms with van der Waals surface area (Å²) in [6.07, 6.45) is 1.34. The maximum atomic E-state index is 6.40. The third-order valence-corrected chi connectivity index (χ3v) is 11.3. The van der Waals surface area contributed by atoms with Crippen LogP contribution in [0, 0.1) is 0 Å². The minimum absolute atomic E-state index is 0.330. The lowest BCUT2D eigenvalue weighted by Gasteiger charge is -2.24. The molecular weight excluding hydrogens is 312 g/mol. The Bertz CT molecular complexity index is 694. The Morgan fingerprint density at radius 3 is 2.33 bits per heavy atom. The zero-order chi connectivity index (χ0) is 16.6. The maximum Gasteiger partial charge on any atom is 0.196 e.